The van der Waals surface area contributed by atoms with Crippen molar-refractivity contribution in [2.45, 2.75) is 33.1 Å². The predicted octanol–water partition coefficient (Wildman–Crippen LogP) is 6.73. The van der Waals surface area contributed by atoms with Gasteiger partial charge in [0.25, 0.3) is 0 Å². The van der Waals surface area contributed by atoms with Crippen molar-refractivity contribution in [3.05, 3.63) is 95.6 Å². The number of aromatic nitrogens is 1. The van der Waals surface area contributed by atoms with E-state index in [4.69, 9.17) is 9.72 Å². The molecule has 0 aliphatic rings. The highest BCUT2D eigenvalue weighted by atomic mass is 16.5. The van der Waals surface area contributed by atoms with Crippen LogP contribution in [0.4, 0.5) is 0 Å². The molecule has 0 saturated carbocycles. The molecule has 0 spiro atoms. The van der Waals surface area contributed by atoms with Gasteiger partial charge in [0, 0.05) is 10.9 Å². The number of hydrogen-bond acceptors (Lipinski definition) is 3. The molecule has 0 saturated heterocycles. The summed E-state index contributed by atoms with van der Waals surface area (Å²) in [4.78, 5) is 17.9. The zero-order valence-corrected chi connectivity index (χ0v) is 17.8. The van der Waals surface area contributed by atoms with Crippen molar-refractivity contribution in [3.8, 4) is 17.0 Å². The minimum atomic E-state index is -0.384. The molecule has 0 radical (unpaired) electrons. The van der Waals surface area contributed by atoms with Gasteiger partial charge in [0.2, 0.25) is 0 Å². The lowest BCUT2D eigenvalue weighted by atomic mass is 9.87. The molecule has 30 heavy (non-hydrogen) atoms. The summed E-state index contributed by atoms with van der Waals surface area (Å²) in [5.41, 5.74) is 5.42. The molecule has 0 aliphatic carbocycles. The van der Waals surface area contributed by atoms with Crippen LogP contribution in [-0.2, 0) is 5.41 Å². The minimum absolute atomic E-state index is 0.0484. The van der Waals surface area contributed by atoms with Crippen LogP contribution in [0.25, 0.3) is 22.2 Å². The second-order valence-electron chi connectivity index (χ2n) is 8.60. The van der Waals surface area contributed by atoms with Gasteiger partial charge >= 0.3 is 5.97 Å². The van der Waals surface area contributed by atoms with E-state index in [-0.39, 0.29) is 11.4 Å². The van der Waals surface area contributed by atoms with Crippen LogP contribution in [0.2, 0.25) is 0 Å². The standard InChI is InChI=1S/C27H25NO2/c1-18-9-11-19(12-10-18)25-17-23(22-7-5-6-8-24(22)28-25)26(29)30-21-15-13-20(14-16-21)27(2,3)4/h5-17H,1-4H3. The van der Waals surface area contributed by atoms with Gasteiger partial charge in [-0.2, -0.15) is 0 Å². The average molecular weight is 396 g/mol. The maximum Gasteiger partial charge on any atom is 0.344 e. The van der Waals surface area contributed by atoms with Gasteiger partial charge < -0.3 is 4.74 Å². The number of aryl methyl sites for hydroxylation is 1. The third-order valence-electron chi connectivity index (χ3n) is 5.21. The Labute approximate surface area is 177 Å². The quantitative estimate of drug-likeness (QED) is 0.285. The number of pyridine rings is 1. The van der Waals surface area contributed by atoms with Crippen molar-refractivity contribution in [2.75, 3.05) is 0 Å². The predicted molar refractivity (Wildman–Crippen MR) is 122 cm³/mol. The lowest BCUT2D eigenvalue weighted by Gasteiger charge is -2.19. The van der Waals surface area contributed by atoms with Gasteiger partial charge in [-0.15, -0.1) is 0 Å². The van der Waals surface area contributed by atoms with Crippen LogP contribution in [0.5, 0.6) is 5.75 Å². The Balaban J connectivity index is 1.71. The summed E-state index contributed by atoms with van der Waals surface area (Å²) in [5, 5.41) is 0.782. The molecule has 0 unspecified atom stereocenters. The number of para-hydroxylation sites is 1. The first-order chi connectivity index (χ1) is 14.3. The Morgan fingerprint density at radius 1 is 0.867 bits per heavy atom. The maximum atomic E-state index is 13.1. The zero-order valence-electron chi connectivity index (χ0n) is 17.8. The van der Waals surface area contributed by atoms with Crippen LogP contribution in [0.15, 0.2) is 78.9 Å². The molecule has 150 valence electrons. The van der Waals surface area contributed by atoms with Crippen LogP contribution >= 0.6 is 0 Å². The third kappa shape index (κ3) is 4.11. The molecule has 1 heterocycles. The van der Waals surface area contributed by atoms with E-state index < -0.39 is 0 Å². The molecule has 3 heteroatoms. The van der Waals surface area contributed by atoms with Gasteiger partial charge in [-0.3, -0.25) is 0 Å². The summed E-state index contributed by atoms with van der Waals surface area (Å²) in [6.07, 6.45) is 0. The minimum Gasteiger partial charge on any atom is -0.423 e. The number of hydrogen-bond donors (Lipinski definition) is 0. The SMILES string of the molecule is Cc1ccc(-c2cc(C(=O)Oc3ccc(C(C)(C)C)cc3)c3ccccc3n2)cc1. The van der Waals surface area contributed by atoms with Crippen molar-refractivity contribution in [1.29, 1.82) is 0 Å². The fourth-order valence-corrected chi connectivity index (χ4v) is 3.40. The normalized spacial score (nSPS) is 11.5. The van der Waals surface area contributed by atoms with Crippen LogP contribution in [0.1, 0.15) is 42.3 Å². The number of nitrogens with zero attached hydrogens (tertiary/aromatic N) is 1. The van der Waals surface area contributed by atoms with Gasteiger partial charge in [-0.25, -0.2) is 9.78 Å². The number of carbonyl (C=O) groups excluding carboxylic acids is 1. The number of benzene rings is 3. The molecule has 4 aromatic rings. The molecule has 0 fully saturated rings. The van der Waals surface area contributed by atoms with E-state index in [1.54, 1.807) is 0 Å². The smallest absolute Gasteiger partial charge is 0.344 e. The molecular formula is C27H25NO2. The highest BCUT2D eigenvalue weighted by Crippen LogP contribution is 2.28. The Hall–Kier alpha value is -3.46. The van der Waals surface area contributed by atoms with Crippen molar-refractivity contribution in [2.24, 2.45) is 0 Å². The summed E-state index contributed by atoms with van der Waals surface area (Å²) < 4.78 is 5.72. The third-order valence-corrected chi connectivity index (χ3v) is 5.21. The Morgan fingerprint density at radius 2 is 1.53 bits per heavy atom. The van der Waals surface area contributed by atoms with E-state index in [2.05, 4.69) is 20.8 Å². The van der Waals surface area contributed by atoms with Crippen molar-refractivity contribution < 1.29 is 9.53 Å². The lowest BCUT2D eigenvalue weighted by molar-refractivity contribution is 0.0737. The van der Waals surface area contributed by atoms with Gasteiger partial charge in [-0.1, -0.05) is 80.9 Å². The van der Waals surface area contributed by atoms with E-state index >= 15 is 0 Å². The van der Waals surface area contributed by atoms with E-state index in [0.717, 1.165) is 22.2 Å². The topological polar surface area (TPSA) is 39.2 Å². The first-order valence-corrected chi connectivity index (χ1v) is 10.1. The van der Waals surface area contributed by atoms with E-state index in [1.165, 1.54) is 11.1 Å². The molecule has 0 N–H and O–H groups in total. The first kappa shape index (κ1) is 19.8. The Bertz CT molecular complexity index is 1200. The molecule has 3 aromatic carbocycles. The number of carbonyl (C=O) groups is 1. The molecular weight excluding hydrogens is 370 g/mol. The van der Waals surface area contributed by atoms with E-state index in [9.17, 15) is 4.79 Å². The molecule has 0 bridgehead atoms. The fraction of sp³-hybridized carbons (Fsp3) is 0.185. The van der Waals surface area contributed by atoms with Crippen LogP contribution in [0.3, 0.4) is 0 Å². The van der Waals surface area contributed by atoms with Crippen molar-refractivity contribution >= 4 is 16.9 Å². The van der Waals surface area contributed by atoms with Crippen molar-refractivity contribution in [3.63, 3.8) is 0 Å². The highest BCUT2D eigenvalue weighted by Gasteiger charge is 2.17. The van der Waals surface area contributed by atoms with E-state index in [1.807, 2.05) is 85.8 Å². The van der Waals surface area contributed by atoms with Gasteiger partial charge in [-0.05, 0) is 42.2 Å². The zero-order chi connectivity index (χ0) is 21.3. The maximum absolute atomic E-state index is 13.1. The molecule has 3 nitrogen and oxygen atoms in total. The molecule has 0 aliphatic heterocycles. The summed E-state index contributed by atoms with van der Waals surface area (Å²) in [6, 6.07) is 25.3. The number of rotatable bonds is 3. The van der Waals surface area contributed by atoms with Crippen molar-refractivity contribution in [1.82, 2.24) is 4.98 Å². The Morgan fingerprint density at radius 3 is 2.20 bits per heavy atom. The number of fused-ring (bicyclic) bond motifs is 1. The average Bonchev–Trinajstić information content (AvgIpc) is 2.73. The molecule has 0 atom stereocenters. The van der Waals surface area contributed by atoms with E-state index in [0.29, 0.717) is 11.3 Å². The van der Waals surface area contributed by atoms with Crippen LogP contribution < -0.4 is 4.74 Å². The lowest BCUT2D eigenvalue weighted by Crippen LogP contribution is -2.12. The summed E-state index contributed by atoms with van der Waals surface area (Å²) >= 11 is 0. The summed E-state index contributed by atoms with van der Waals surface area (Å²) in [5.74, 6) is 0.149. The first-order valence-electron chi connectivity index (χ1n) is 10.1. The Kier molecular flexibility index (Phi) is 5.13. The largest absolute Gasteiger partial charge is 0.423 e. The second kappa shape index (κ2) is 7.75. The monoisotopic (exact) mass is 395 g/mol. The molecule has 0 amide bonds. The van der Waals surface area contributed by atoms with Crippen LogP contribution in [-0.4, -0.2) is 11.0 Å². The second-order valence-corrected chi connectivity index (χ2v) is 8.60. The highest BCUT2D eigenvalue weighted by molar-refractivity contribution is 6.05. The van der Waals surface area contributed by atoms with Crippen LogP contribution in [0, 0.1) is 6.92 Å². The summed E-state index contributed by atoms with van der Waals surface area (Å²) in [6.45, 7) is 8.52. The molecule has 4 rings (SSSR count). The van der Waals surface area contributed by atoms with Gasteiger partial charge in [0.05, 0.1) is 16.8 Å². The number of esters is 1. The van der Waals surface area contributed by atoms with Gasteiger partial charge in [0.15, 0.2) is 0 Å². The summed E-state index contributed by atoms with van der Waals surface area (Å²) in [7, 11) is 0. The fourth-order valence-electron chi connectivity index (χ4n) is 3.40. The molecule has 1 aromatic heterocycles. The number of ether oxygens (including phenoxy) is 1. The van der Waals surface area contributed by atoms with Gasteiger partial charge in [0.1, 0.15) is 5.75 Å².